The number of halogens is 3. The number of esters is 6. The molecule has 0 amide bonds. The monoisotopic (exact) mass is 1040 g/mol. The third-order valence-corrected chi connectivity index (χ3v) is 11.9. The summed E-state index contributed by atoms with van der Waals surface area (Å²) in [5, 5.41) is 10.7. The van der Waals surface area contributed by atoms with Gasteiger partial charge in [-0.2, -0.15) is 13.2 Å². The van der Waals surface area contributed by atoms with Crippen molar-refractivity contribution in [3.8, 4) is 0 Å². The van der Waals surface area contributed by atoms with Crippen molar-refractivity contribution in [2.45, 2.75) is 239 Å². The number of aliphatic carboxylic acids is 1. The highest BCUT2D eigenvalue weighted by Gasteiger charge is 2.29. The lowest BCUT2D eigenvalue weighted by Gasteiger charge is -2.18. The predicted molar refractivity (Wildman–Crippen MR) is 264 cm³/mol. The van der Waals surface area contributed by atoms with E-state index in [0.29, 0.717) is 38.8 Å². The normalized spacial score (nSPS) is 14.5. The first-order valence-corrected chi connectivity index (χ1v) is 27.3. The zero-order valence-corrected chi connectivity index (χ0v) is 44.3. The highest BCUT2D eigenvalue weighted by molar-refractivity contribution is 5.73. The minimum Gasteiger partial charge on any atom is -0.542 e. The van der Waals surface area contributed by atoms with Crippen LogP contribution < -0.4 is 10.4 Å². The number of hydrogen-bond donors (Lipinski definition) is 1. The van der Waals surface area contributed by atoms with Gasteiger partial charge < -0.3 is 43.6 Å². The van der Waals surface area contributed by atoms with Gasteiger partial charge in [0.15, 0.2) is 12.2 Å². The van der Waals surface area contributed by atoms with Crippen molar-refractivity contribution < 1.29 is 85.6 Å². The Hall–Kier alpha value is -4.22. The van der Waals surface area contributed by atoms with Gasteiger partial charge in [-0.25, -0.2) is 0 Å². The summed E-state index contributed by atoms with van der Waals surface area (Å²) in [4.78, 5) is 85.5. The SMILES string of the molecule is CCCCCCCCC(=O)OCC(COC(=O)CCCCCCCC)CC(=O)O[C@@H]1C=C[C@H](OC(=O)CC(COC(=O)CCCCCCCC)COC(=O)CCCCCCCC)C[NH2+]C1.O=C([O-])C(F)(F)F. The molecule has 0 aromatic rings. The maximum atomic E-state index is 13.2. The Morgan fingerprint density at radius 3 is 0.917 bits per heavy atom. The van der Waals surface area contributed by atoms with Crippen LogP contribution in [0.1, 0.15) is 220 Å². The summed E-state index contributed by atoms with van der Waals surface area (Å²) in [5.74, 6) is -6.51. The molecule has 2 N–H and O–H groups in total. The predicted octanol–water partition coefficient (Wildman–Crippen LogP) is 9.43. The van der Waals surface area contributed by atoms with Crippen molar-refractivity contribution in [1.29, 1.82) is 0 Å². The van der Waals surface area contributed by atoms with Crippen molar-refractivity contribution in [2.24, 2.45) is 11.8 Å². The standard InChI is InChI=1S/C52H91NO12.C2HF3O2/c1-5-9-13-17-21-25-29-47(54)60-39-43(40-61-48(55)30-26-22-18-14-10-6-2)35-51(58)64-45-33-34-46(38-53-37-45)65-52(59)36-44(41-62-49(56)31-27-23-19-15-11-7-3)42-63-50(57)32-28-24-20-16-12-8-4;3-2(4,5)1(6)7/h33-34,43-46,53H,5-32,35-42H2,1-4H3;(H,6,7)/t45-,46+;. The summed E-state index contributed by atoms with van der Waals surface area (Å²) in [6.07, 6.45) is 23.1. The van der Waals surface area contributed by atoms with Gasteiger partial charge in [0, 0.05) is 37.5 Å². The van der Waals surface area contributed by atoms with Gasteiger partial charge in [0.1, 0.15) is 19.1 Å². The van der Waals surface area contributed by atoms with E-state index in [4.69, 9.17) is 38.3 Å². The highest BCUT2D eigenvalue weighted by Crippen LogP contribution is 2.17. The van der Waals surface area contributed by atoms with Crippen LogP contribution in [-0.2, 0) is 62.0 Å². The van der Waals surface area contributed by atoms with E-state index in [0.717, 1.165) is 128 Å². The van der Waals surface area contributed by atoms with E-state index in [9.17, 15) is 41.9 Å². The van der Waals surface area contributed by atoms with Gasteiger partial charge in [-0.15, -0.1) is 0 Å². The molecule has 418 valence electrons. The Balaban J connectivity index is 0.00000666. The van der Waals surface area contributed by atoms with E-state index < -0.39 is 48.1 Å². The second-order valence-electron chi connectivity index (χ2n) is 18.9. The Morgan fingerprint density at radius 2 is 0.681 bits per heavy atom. The van der Waals surface area contributed by atoms with Crippen LogP contribution in [0.15, 0.2) is 12.2 Å². The van der Waals surface area contributed by atoms with E-state index >= 15 is 0 Å². The minimum absolute atomic E-state index is 0.0592. The number of nitrogens with two attached hydrogens (primary N) is 1. The molecule has 0 aromatic carbocycles. The molecule has 0 spiro atoms. The van der Waals surface area contributed by atoms with Crippen LogP contribution in [0, 0.1) is 11.8 Å². The summed E-state index contributed by atoms with van der Waals surface area (Å²) in [7, 11) is 0. The molecule has 0 saturated carbocycles. The van der Waals surface area contributed by atoms with Crippen LogP contribution in [0.3, 0.4) is 0 Å². The van der Waals surface area contributed by atoms with Crippen molar-refractivity contribution in [3.05, 3.63) is 12.2 Å². The van der Waals surface area contributed by atoms with Crippen molar-refractivity contribution >= 4 is 41.8 Å². The third-order valence-electron chi connectivity index (χ3n) is 11.9. The molecule has 0 aliphatic carbocycles. The molecule has 1 heterocycles. The maximum Gasteiger partial charge on any atom is 0.430 e. The van der Waals surface area contributed by atoms with Crippen LogP contribution in [0.5, 0.6) is 0 Å². The largest absolute Gasteiger partial charge is 0.542 e. The number of rotatable bonds is 42. The molecule has 0 fully saturated rings. The molecular formula is C54H92F3NO14. The number of carboxylic acid groups (broad SMARTS) is 1. The summed E-state index contributed by atoms with van der Waals surface area (Å²) in [5.41, 5.74) is 0. The fraction of sp³-hybridized carbons (Fsp3) is 0.833. The molecule has 0 unspecified atom stereocenters. The lowest BCUT2D eigenvalue weighted by atomic mass is 10.1. The summed E-state index contributed by atoms with van der Waals surface area (Å²) in [6, 6.07) is 0. The average molecular weight is 1040 g/mol. The van der Waals surface area contributed by atoms with Crippen molar-refractivity contribution in [1.82, 2.24) is 0 Å². The van der Waals surface area contributed by atoms with Crippen LogP contribution in [0.4, 0.5) is 13.2 Å². The first-order valence-electron chi connectivity index (χ1n) is 27.3. The summed E-state index contributed by atoms with van der Waals surface area (Å²) >= 11 is 0. The fourth-order valence-corrected chi connectivity index (χ4v) is 7.57. The number of carboxylic acids is 1. The topological polar surface area (TPSA) is 215 Å². The third kappa shape index (κ3) is 42.3. The molecule has 0 bridgehead atoms. The van der Waals surface area contributed by atoms with Gasteiger partial charge in [0.25, 0.3) is 0 Å². The molecule has 15 nitrogen and oxygen atoms in total. The molecule has 72 heavy (non-hydrogen) atoms. The molecule has 0 radical (unpaired) electrons. The zero-order valence-electron chi connectivity index (χ0n) is 44.3. The van der Waals surface area contributed by atoms with E-state index in [-0.39, 0.29) is 63.1 Å². The lowest BCUT2D eigenvalue weighted by Crippen LogP contribution is -2.87. The van der Waals surface area contributed by atoms with E-state index in [1.807, 2.05) is 5.32 Å². The quantitative estimate of drug-likeness (QED) is 0.0261. The molecular weight excluding hydrogens is 944 g/mol. The van der Waals surface area contributed by atoms with Crippen molar-refractivity contribution in [2.75, 3.05) is 39.5 Å². The van der Waals surface area contributed by atoms with Gasteiger partial charge in [-0.05, 0) is 37.8 Å². The molecule has 1 aliphatic rings. The maximum absolute atomic E-state index is 13.2. The second-order valence-corrected chi connectivity index (χ2v) is 18.9. The van der Waals surface area contributed by atoms with E-state index in [1.165, 1.54) is 25.7 Å². The Kier molecular flexibility index (Phi) is 42.7. The van der Waals surface area contributed by atoms with E-state index in [2.05, 4.69) is 27.7 Å². The van der Waals surface area contributed by atoms with Crippen LogP contribution in [-0.4, -0.2) is 99.7 Å². The average Bonchev–Trinajstić information content (AvgIpc) is 3.56. The molecule has 0 aromatic heterocycles. The molecule has 2 atom stereocenters. The molecule has 1 rings (SSSR count). The molecule has 0 saturated heterocycles. The second kappa shape index (κ2) is 45.4. The smallest absolute Gasteiger partial charge is 0.430 e. The summed E-state index contributed by atoms with van der Waals surface area (Å²) in [6.45, 7) is 9.21. The number of ether oxygens (including phenoxy) is 6. The van der Waals surface area contributed by atoms with Crippen molar-refractivity contribution in [3.63, 3.8) is 0 Å². The molecule has 18 heteroatoms. The Bertz CT molecular complexity index is 1330. The number of quaternary nitrogens is 1. The first kappa shape index (κ1) is 67.8. The van der Waals surface area contributed by atoms with Gasteiger partial charge >= 0.3 is 42.0 Å². The van der Waals surface area contributed by atoms with Gasteiger partial charge in [-0.1, -0.05) is 156 Å². The van der Waals surface area contributed by atoms with Gasteiger partial charge in [0.2, 0.25) is 0 Å². The number of alkyl halides is 3. The highest BCUT2D eigenvalue weighted by atomic mass is 19.4. The number of carbonyl (C=O) groups excluding carboxylic acids is 7. The Morgan fingerprint density at radius 1 is 0.444 bits per heavy atom. The summed E-state index contributed by atoms with van der Waals surface area (Å²) < 4.78 is 65.3. The van der Waals surface area contributed by atoms with Crippen LogP contribution in [0.25, 0.3) is 0 Å². The number of carbonyl (C=O) groups is 7. The first-order chi connectivity index (χ1) is 34.5. The van der Waals surface area contributed by atoms with Gasteiger partial charge in [0.05, 0.1) is 39.3 Å². The zero-order chi connectivity index (χ0) is 53.7. The Labute approximate surface area is 428 Å². The lowest BCUT2D eigenvalue weighted by molar-refractivity contribution is -0.662. The van der Waals surface area contributed by atoms with E-state index in [1.54, 1.807) is 12.2 Å². The number of hydrogen-bond acceptors (Lipinski definition) is 14. The fourth-order valence-electron chi connectivity index (χ4n) is 7.57. The van der Waals surface area contributed by atoms with Crippen LogP contribution in [0.2, 0.25) is 0 Å². The van der Waals surface area contributed by atoms with Gasteiger partial charge in [-0.3, -0.25) is 28.8 Å². The molecule has 1 aliphatic heterocycles. The minimum atomic E-state index is -5.19. The van der Waals surface area contributed by atoms with Crippen LogP contribution >= 0.6 is 0 Å². The number of unbranched alkanes of at least 4 members (excludes halogenated alkanes) is 20.